The molecule has 0 aromatic carbocycles. The summed E-state index contributed by atoms with van der Waals surface area (Å²) in [5.41, 5.74) is -1.54. The Balaban J connectivity index is 4.78. The molecule has 0 spiro atoms. The molecule has 0 saturated heterocycles. The molecular formula is C7H9F6O. The minimum absolute atomic E-state index is 1.10. The predicted octanol–water partition coefficient (Wildman–Crippen LogP) is 3.46. The van der Waals surface area contributed by atoms with E-state index in [1.807, 2.05) is 0 Å². The van der Waals surface area contributed by atoms with Gasteiger partial charge in [-0.05, 0) is 20.8 Å². The van der Waals surface area contributed by atoms with Gasteiger partial charge in [-0.1, -0.05) is 0 Å². The maximum Gasteiger partial charge on any atom is 0.430 e. The molecule has 0 heterocycles. The number of alkyl halides is 6. The fraction of sp³-hybridized carbons (Fsp3) is 0.857. The van der Waals surface area contributed by atoms with Gasteiger partial charge in [0.05, 0.1) is 5.60 Å². The van der Waals surface area contributed by atoms with Gasteiger partial charge < -0.3 is 4.74 Å². The Morgan fingerprint density at radius 3 is 1.14 bits per heavy atom. The van der Waals surface area contributed by atoms with Crippen molar-refractivity contribution < 1.29 is 31.1 Å². The number of rotatable bonds is 1. The highest BCUT2D eigenvalue weighted by Gasteiger charge is 2.61. The molecule has 14 heavy (non-hydrogen) atoms. The Bertz CT molecular complexity index is 172. The second-order valence-electron chi connectivity index (χ2n) is 3.54. The first-order valence-corrected chi connectivity index (χ1v) is 3.54. The molecule has 0 aliphatic carbocycles. The smallest absolute Gasteiger partial charge is 0.349 e. The van der Waals surface area contributed by atoms with Crippen LogP contribution in [0.3, 0.4) is 0 Å². The average Bonchev–Trinajstić information content (AvgIpc) is 1.75. The van der Waals surface area contributed by atoms with Crippen LogP contribution in [-0.2, 0) is 4.74 Å². The zero-order valence-corrected chi connectivity index (χ0v) is 7.68. The van der Waals surface area contributed by atoms with Crippen LogP contribution in [0, 0.1) is 6.10 Å². The van der Waals surface area contributed by atoms with Crippen LogP contribution >= 0.6 is 0 Å². The summed E-state index contributed by atoms with van der Waals surface area (Å²) in [5.74, 6) is 0. The number of ether oxygens (including phenoxy) is 1. The molecule has 0 amide bonds. The van der Waals surface area contributed by atoms with Crippen molar-refractivity contribution in [2.45, 2.75) is 38.7 Å². The zero-order valence-electron chi connectivity index (χ0n) is 7.68. The van der Waals surface area contributed by atoms with Gasteiger partial charge in [-0.25, -0.2) is 0 Å². The van der Waals surface area contributed by atoms with Gasteiger partial charge in [0.15, 0.2) is 0 Å². The molecular weight excluding hydrogens is 214 g/mol. The first kappa shape index (κ1) is 13.5. The lowest BCUT2D eigenvalue weighted by Gasteiger charge is -2.28. The third kappa shape index (κ3) is 4.69. The molecule has 0 aromatic rings. The largest absolute Gasteiger partial charge is 0.430 e. The molecule has 1 radical (unpaired) electrons. The molecule has 0 unspecified atom stereocenters. The molecule has 0 saturated carbocycles. The van der Waals surface area contributed by atoms with E-state index in [-0.39, 0.29) is 0 Å². The van der Waals surface area contributed by atoms with Crippen LogP contribution in [0.25, 0.3) is 0 Å². The van der Waals surface area contributed by atoms with Gasteiger partial charge in [-0.15, -0.1) is 0 Å². The Morgan fingerprint density at radius 1 is 0.786 bits per heavy atom. The highest BCUT2D eigenvalue weighted by Crippen LogP contribution is 2.43. The minimum Gasteiger partial charge on any atom is -0.349 e. The summed E-state index contributed by atoms with van der Waals surface area (Å²) in [6.07, 6.45) is -13.9. The summed E-state index contributed by atoms with van der Waals surface area (Å²) in [4.78, 5) is 0. The van der Waals surface area contributed by atoms with Crippen molar-refractivity contribution in [1.82, 2.24) is 0 Å². The summed E-state index contributed by atoms with van der Waals surface area (Å²) in [6, 6.07) is 0. The van der Waals surface area contributed by atoms with E-state index in [1.165, 1.54) is 0 Å². The Kier molecular flexibility index (Phi) is 3.48. The number of halogens is 6. The van der Waals surface area contributed by atoms with Crippen molar-refractivity contribution in [3.8, 4) is 0 Å². The quantitative estimate of drug-likeness (QED) is 0.618. The Hall–Kier alpha value is -0.460. The second-order valence-corrected chi connectivity index (χ2v) is 3.54. The summed E-state index contributed by atoms with van der Waals surface area (Å²) < 4.78 is 75.0. The van der Waals surface area contributed by atoms with Crippen molar-refractivity contribution in [1.29, 1.82) is 0 Å². The lowest BCUT2D eigenvalue weighted by molar-refractivity contribution is -0.279. The molecule has 7 heteroatoms. The van der Waals surface area contributed by atoms with Crippen LogP contribution in [0.4, 0.5) is 26.3 Å². The molecule has 0 aliphatic rings. The minimum atomic E-state index is -5.52. The van der Waals surface area contributed by atoms with Gasteiger partial charge in [0, 0.05) is 0 Å². The highest BCUT2D eigenvalue weighted by atomic mass is 19.4. The normalized spacial score (nSPS) is 15.0. The third-order valence-electron chi connectivity index (χ3n) is 0.923. The third-order valence-corrected chi connectivity index (χ3v) is 0.923. The van der Waals surface area contributed by atoms with E-state index in [1.54, 1.807) is 0 Å². The summed E-state index contributed by atoms with van der Waals surface area (Å²) in [7, 11) is 0. The van der Waals surface area contributed by atoms with Gasteiger partial charge in [-0.2, -0.15) is 26.3 Å². The van der Waals surface area contributed by atoms with E-state index in [9.17, 15) is 26.3 Å². The van der Waals surface area contributed by atoms with Crippen molar-refractivity contribution in [2.24, 2.45) is 0 Å². The molecule has 0 bridgehead atoms. The predicted molar refractivity (Wildman–Crippen MR) is 36.2 cm³/mol. The first-order valence-electron chi connectivity index (χ1n) is 3.54. The maximum absolute atomic E-state index is 11.9. The van der Waals surface area contributed by atoms with Crippen molar-refractivity contribution >= 4 is 0 Å². The number of hydrogen-bond donors (Lipinski definition) is 0. The van der Waals surface area contributed by atoms with Crippen LogP contribution < -0.4 is 0 Å². The molecule has 85 valence electrons. The van der Waals surface area contributed by atoms with Crippen LogP contribution in [0.2, 0.25) is 0 Å². The molecule has 0 atom stereocenters. The van der Waals surface area contributed by atoms with E-state index in [0.717, 1.165) is 20.8 Å². The lowest BCUT2D eigenvalue weighted by atomic mass is 10.2. The van der Waals surface area contributed by atoms with Crippen LogP contribution in [-0.4, -0.2) is 18.0 Å². The summed E-state index contributed by atoms with van der Waals surface area (Å²) in [5, 5.41) is 0. The van der Waals surface area contributed by atoms with E-state index in [2.05, 4.69) is 4.74 Å². The molecule has 1 nitrogen and oxygen atoms in total. The summed E-state index contributed by atoms with van der Waals surface area (Å²) >= 11 is 0. The van der Waals surface area contributed by atoms with Crippen molar-refractivity contribution in [3.05, 3.63) is 6.10 Å². The second kappa shape index (κ2) is 3.60. The van der Waals surface area contributed by atoms with Crippen molar-refractivity contribution in [3.63, 3.8) is 0 Å². The van der Waals surface area contributed by atoms with Gasteiger partial charge in [-0.3, -0.25) is 0 Å². The average molecular weight is 223 g/mol. The number of hydrogen-bond acceptors (Lipinski definition) is 1. The van der Waals surface area contributed by atoms with E-state index < -0.39 is 24.1 Å². The summed E-state index contributed by atoms with van der Waals surface area (Å²) in [6.45, 7) is 3.31. The zero-order chi connectivity index (χ0) is 11.8. The fourth-order valence-corrected chi connectivity index (χ4v) is 0.583. The van der Waals surface area contributed by atoms with Gasteiger partial charge >= 0.3 is 18.5 Å². The maximum atomic E-state index is 11.9. The van der Waals surface area contributed by atoms with Gasteiger partial charge in [0.2, 0.25) is 0 Å². The van der Waals surface area contributed by atoms with Crippen LogP contribution in [0.1, 0.15) is 20.8 Å². The van der Waals surface area contributed by atoms with Gasteiger partial charge in [0.1, 0.15) is 0 Å². The van der Waals surface area contributed by atoms with Crippen LogP contribution in [0.5, 0.6) is 0 Å². The molecule has 0 rings (SSSR count). The monoisotopic (exact) mass is 223 g/mol. The van der Waals surface area contributed by atoms with Crippen LogP contribution in [0.15, 0.2) is 0 Å². The Morgan fingerprint density at radius 2 is 1.07 bits per heavy atom. The SMILES string of the molecule is CC(C)(C)O[C](C(F)(F)F)C(F)(F)F. The van der Waals surface area contributed by atoms with E-state index in [4.69, 9.17) is 0 Å². The standard InChI is InChI=1S/C7H9F6O/c1-5(2,3)14-4(6(8,9)10)7(11,12)13/h1-3H3. The lowest BCUT2D eigenvalue weighted by Crippen LogP contribution is -2.41. The van der Waals surface area contributed by atoms with E-state index in [0.29, 0.717) is 0 Å². The molecule has 0 aliphatic heterocycles. The highest BCUT2D eigenvalue weighted by molar-refractivity contribution is 4.97. The molecule has 0 N–H and O–H groups in total. The Labute approximate surface area is 77.0 Å². The molecule has 0 fully saturated rings. The van der Waals surface area contributed by atoms with E-state index >= 15 is 0 Å². The fourth-order valence-electron chi connectivity index (χ4n) is 0.583. The van der Waals surface area contributed by atoms with Crippen molar-refractivity contribution in [2.75, 3.05) is 0 Å². The molecule has 0 aromatic heterocycles. The van der Waals surface area contributed by atoms with Gasteiger partial charge in [0.25, 0.3) is 0 Å². The first-order chi connectivity index (χ1) is 5.84. The topological polar surface area (TPSA) is 9.23 Å².